The second-order valence-corrected chi connectivity index (χ2v) is 5.92. The van der Waals surface area contributed by atoms with E-state index in [1.807, 2.05) is 72.8 Å². The standard InChI is InChI=1S/C21H16ClNO/c22-20-13-17(10-11-23)12-19(14-20)18-6-8-21(9-7-18)24-15-16-4-2-1-3-5-16/h1-9,12-14H,10,15H2. The molecule has 0 unspecified atom stereocenters. The van der Waals surface area contributed by atoms with E-state index in [-0.39, 0.29) is 0 Å². The minimum atomic E-state index is 0.353. The van der Waals surface area contributed by atoms with Crippen LogP contribution in [0.1, 0.15) is 11.1 Å². The number of nitrogens with zero attached hydrogens (tertiary/aromatic N) is 1. The fraction of sp³-hybridized carbons (Fsp3) is 0.0952. The maximum atomic E-state index is 8.85. The van der Waals surface area contributed by atoms with Crippen LogP contribution in [-0.4, -0.2) is 0 Å². The molecule has 0 aromatic heterocycles. The van der Waals surface area contributed by atoms with Crippen LogP contribution in [0.15, 0.2) is 72.8 Å². The number of halogens is 1. The molecule has 0 spiro atoms. The first kappa shape index (κ1) is 16.1. The van der Waals surface area contributed by atoms with Crippen molar-refractivity contribution in [2.75, 3.05) is 0 Å². The van der Waals surface area contributed by atoms with Crippen LogP contribution in [-0.2, 0) is 13.0 Å². The fourth-order valence-corrected chi connectivity index (χ4v) is 2.75. The van der Waals surface area contributed by atoms with Crippen molar-refractivity contribution in [3.8, 4) is 22.9 Å². The van der Waals surface area contributed by atoms with Gasteiger partial charge in [-0.1, -0.05) is 60.1 Å². The Labute approximate surface area is 146 Å². The third-order valence-electron chi connectivity index (χ3n) is 3.68. The largest absolute Gasteiger partial charge is 0.489 e. The number of benzene rings is 3. The maximum absolute atomic E-state index is 8.85. The Balaban J connectivity index is 1.74. The number of ether oxygens (including phenoxy) is 1. The minimum Gasteiger partial charge on any atom is -0.489 e. The summed E-state index contributed by atoms with van der Waals surface area (Å²) in [6.45, 7) is 0.545. The van der Waals surface area contributed by atoms with Crippen LogP contribution in [0.3, 0.4) is 0 Å². The van der Waals surface area contributed by atoms with Gasteiger partial charge in [0.2, 0.25) is 0 Å². The van der Waals surface area contributed by atoms with E-state index in [1.165, 1.54) is 0 Å². The van der Waals surface area contributed by atoms with Gasteiger partial charge in [0.25, 0.3) is 0 Å². The molecule has 3 aromatic rings. The lowest BCUT2D eigenvalue weighted by Gasteiger charge is -2.09. The average Bonchev–Trinajstić information content (AvgIpc) is 2.61. The monoisotopic (exact) mass is 333 g/mol. The second kappa shape index (κ2) is 7.68. The highest BCUT2D eigenvalue weighted by Crippen LogP contribution is 2.27. The number of hydrogen-bond donors (Lipinski definition) is 0. The molecule has 3 rings (SSSR count). The van der Waals surface area contributed by atoms with Gasteiger partial charge in [-0.25, -0.2) is 0 Å². The molecule has 0 aliphatic rings. The molecular formula is C21H16ClNO. The molecule has 24 heavy (non-hydrogen) atoms. The summed E-state index contributed by atoms with van der Waals surface area (Å²) in [6.07, 6.45) is 0.353. The predicted molar refractivity (Wildman–Crippen MR) is 97.0 cm³/mol. The van der Waals surface area contributed by atoms with Gasteiger partial charge in [-0.3, -0.25) is 0 Å². The van der Waals surface area contributed by atoms with Crippen LogP contribution in [0.5, 0.6) is 5.75 Å². The van der Waals surface area contributed by atoms with Gasteiger partial charge in [-0.2, -0.15) is 5.26 Å². The molecule has 0 saturated carbocycles. The second-order valence-electron chi connectivity index (χ2n) is 5.48. The zero-order chi connectivity index (χ0) is 16.8. The van der Waals surface area contributed by atoms with E-state index in [0.29, 0.717) is 18.1 Å². The van der Waals surface area contributed by atoms with Crippen molar-refractivity contribution in [1.82, 2.24) is 0 Å². The fourth-order valence-electron chi connectivity index (χ4n) is 2.49. The van der Waals surface area contributed by atoms with E-state index in [4.69, 9.17) is 21.6 Å². The Morgan fingerprint density at radius 2 is 1.58 bits per heavy atom. The summed E-state index contributed by atoms with van der Waals surface area (Å²) in [5, 5.41) is 9.49. The first-order chi connectivity index (χ1) is 11.7. The molecular weight excluding hydrogens is 318 g/mol. The third-order valence-corrected chi connectivity index (χ3v) is 3.89. The molecule has 0 heterocycles. The molecule has 0 fully saturated rings. The maximum Gasteiger partial charge on any atom is 0.119 e. The highest BCUT2D eigenvalue weighted by molar-refractivity contribution is 6.31. The normalized spacial score (nSPS) is 10.2. The molecule has 0 atom stereocenters. The SMILES string of the molecule is N#CCc1cc(Cl)cc(-c2ccc(OCc3ccccc3)cc2)c1. The van der Waals surface area contributed by atoms with E-state index in [1.54, 1.807) is 0 Å². The summed E-state index contributed by atoms with van der Waals surface area (Å²) in [5.41, 5.74) is 4.10. The molecule has 0 aliphatic carbocycles. The van der Waals surface area contributed by atoms with E-state index in [0.717, 1.165) is 28.0 Å². The first-order valence-electron chi connectivity index (χ1n) is 7.68. The smallest absolute Gasteiger partial charge is 0.119 e. The van der Waals surface area contributed by atoms with Crippen LogP contribution in [0.2, 0.25) is 5.02 Å². The Bertz CT molecular complexity index is 851. The molecule has 0 saturated heterocycles. The van der Waals surface area contributed by atoms with Gasteiger partial charge in [0.1, 0.15) is 12.4 Å². The van der Waals surface area contributed by atoms with Crippen LogP contribution in [0, 0.1) is 11.3 Å². The third kappa shape index (κ3) is 4.16. The summed E-state index contributed by atoms with van der Waals surface area (Å²) in [7, 11) is 0. The average molecular weight is 334 g/mol. The van der Waals surface area contributed by atoms with Crippen molar-refractivity contribution < 1.29 is 4.74 Å². The van der Waals surface area contributed by atoms with Gasteiger partial charge < -0.3 is 4.74 Å². The molecule has 0 N–H and O–H groups in total. The summed E-state index contributed by atoms with van der Waals surface area (Å²) >= 11 is 6.15. The van der Waals surface area contributed by atoms with Crippen molar-refractivity contribution in [3.63, 3.8) is 0 Å². The van der Waals surface area contributed by atoms with E-state index >= 15 is 0 Å². The zero-order valence-corrected chi connectivity index (χ0v) is 13.8. The Morgan fingerprint density at radius 3 is 2.29 bits per heavy atom. The van der Waals surface area contributed by atoms with Gasteiger partial charge in [0.15, 0.2) is 0 Å². The van der Waals surface area contributed by atoms with Crippen LogP contribution in [0.4, 0.5) is 0 Å². The van der Waals surface area contributed by atoms with Gasteiger partial charge >= 0.3 is 0 Å². The highest BCUT2D eigenvalue weighted by Gasteiger charge is 2.04. The quantitative estimate of drug-likeness (QED) is 0.604. The van der Waals surface area contributed by atoms with Crippen molar-refractivity contribution in [1.29, 1.82) is 5.26 Å². The summed E-state index contributed by atoms with van der Waals surface area (Å²) in [4.78, 5) is 0. The Hall–Kier alpha value is -2.76. The van der Waals surface area contributed by atoms with Gasteiger partial charge in [-0.05, 0) is 46.5 Å². The Morgan fingerprint density at radius 1 is 0.833 bits per heavy atom. The molecule has 3 aromatic carbocycles. The summed E-state index contributed by atoms with van der Waals surface area (Å²) in [5.74, 6) is 0.821. The van der Waals surface area contributed by atoms with Gasteiger partial charge in [-0.15, -0.1) is 0 Å². The topological polar surface area (TPSA) is 33.0 Å². The highest BCUT2D eigenvalue weighted by atomic mass is 35.5. The lowest BCUT2D eigenvalue weighted by Crippen LogP contribution is -1.94. The van der Waals surface area contributed by atoms with Crippen LogP contribution in [0.25, 0.3) is 11.1 Å². The van der Waals surface area contributed by atoms with Gasteiger partial charge in [0, 0.05) is 5.02 Å². The Kier molecular flexibility index (Phi) is 5.15. The van der Waals surface area contributed by atoms with Crippen LogP contribution >= 0.6 is 11.6 Å². The summed E-state index contributed by atoms with van der Waals surface area (Å²) < 4.78 is 5.80. The van der Waals surface area contributed by atoms with Crippen molar-refractivity contribution >= 4 is 11.6 Å². The predicted octanol–water partition coefficient (Wildman–Crippen LogP) is 5.65. The molecule has 0 aliphatic heterocycles. The van der Waals surface area contributed by atoms with E-state index in [9.17, 15) is 0 Å². The molecule has 3 heteroatoms. The first-order valence-corrected chi connectivity index (χ1v) is 8.06. The summed E-state index contributed by atoms with van der Waals surface area (Å²) in [6, 6.07) is 25.8. The zero-order valence-electron chi connectivity index (χ0n) is 13.1. The van der Waals surface area contributed by atoms with Crippen molar-refractivity contribution in [2.24, 2.45) is 0 Å². The van der Waals surface area contributed by atoms with Crippen molar-refractivity contribution in [3.05, 3.63) is 88.9 Å². The molecule has 0 bridgehead atoms. The number of nitriles is 1. The minimum absolute atomic E-state index is 0.353. The lowest BCUT2D eigenvalue weighted by molar-refractivity contribution is 0.306. The molecule has 118 valence electrons. The molecule has 2 nitrogen and oxygen atoms in total. The van der Waals surface area contributed by atoms with Crippen LogP contribution < -0.4 is 4.74 Å². The molecule has 0 radical (unpaired) electrons. The van der Waals surface area contributed by atoms with E-state index < -0.39 is 0 Å². The molecule has 0 amide bonds. The van der Waals surface area contributed by atoms with Crippen molar-refractivity contribution in [2.45, 2.75) is 13.0 Å². The number of rotatable bonds is 5. The lowest BCUT2D eigenvalue weighted by atomic mass is 10.0. The van der Waals surface area contributed by atoms with Gasteiger partial charge in [0.05, 0.1) is 12.5 Å². The van der Waals surface area contributed by atoms with E-state index in [2.05, 4.69) is 6.07 Å². The number of hydrogen-bond acceptors (Lipinski definition) is 2.